The third kappa shape index (κ3) is 4.69. The number of aromatic nitrogens is 4. The number of methoxy groups -OCH3 is 1. The zero-order valence-corrected chi connectivity index (χ0v) is 18.9. The van der Waals surface area contributed by atoms with E-state index in [0.717, 1.165) is 54.8 Å². The Balaban J connectivity index is 1.40. The van der Waals surface area contributed by atoms with Crippen LogP contribution in [0.25, 0.3) is 11.5 Å². The van der Waals surface area contributed by atoms with E-state index in [4.69, 9.17) is 14.1 Å². The maximum absolute atomic E-state index is 5.99. The highest BCUT2D eigenvalue weighted by Gasteiger charge is 2.26. The largest absolute Gasteiger partial charge is 0.497 e. The molecule has 3 heterocycles. The minimum absolute atomic E-state index is 0.0556. The van der Waals surface area contributed by atoms with Crippen LogP contribution in [0.3, 0.4) is 0 Å². The third-order valence-electron chi connectivity index (χ3n) is 5.70. The number of benzene rings is 1. The van der Waals surface area contributed by atoms with Crippen LogP contribution in [-0.4, -0.2) is 58.4 Å². The van der Waals surface area contributed by atoms with E-state index >= 15 is 0 Å². The number of hydrogen-bond donors (Lipinski definition) is 0. The molecule has 164 valence electrons. The average molecular weight is 423 g/mol. The first-order valence-electron chi connectivity index (χ1n) is 10.8. The van der Waals surface area contributed by atoms with Crippen molar-refractivity contribution in [2.45, 2.75) is 39.7 Å². The van der Waals surface area contributed by atoms with E-state index in [0.29, 0.717) is 17.7 Å². The fourth-order valence-electron chi connectivity index (χ4n) is 3.74. The molecule has 31 heavy (non-hydrogen) atoms. The highest BCUT2D eigenvalue weighted by Crippen LogP contribution is 2.27. The third-order valence-corrected chi connectivity index (χ3v) is 5.70. The molecule has 1 saturated heterocycles. The predicted octanol–water partition coefficient (Wildman–Crippen LogP) is 3.85. The Bertz CT molecular complexity index is 1010. The fraction of sp³-hybridized carbons (Fsp3) is 0.478. The first kappa shape index (κ1) is 21.2. The van der Waals surface area contributed by atoms with Crippen LogP contribution in [0.2, 0.25) is 0 Å². The van der Waals surface area contributed by atoms with Gasteiger partial charge in [-0.1, -0.05) is 13.8 Å². The van der Waals surface area contributed by atoms with Gasteiger partial charge in [-0.2, -0.15) is 0 Å². The smallest absolute Gasteiger partial charge is 0.247 e. The van der Waals surface area contributed by atoms with Crippen LogP contribution in [0.1, 0.15) is 50.1 Å². The Hall–Kier alpha value is -3.00. The van der Waals surface area contributed by atoms with Gasteiger partial charge in [-0.05, 0) is 38.1 Å². The van der Waals surface area contributed by atoms with E-state index in [1.54, 1.807) is 7.11 Å². The van der Waals surface area contributed by atoms with Gasteiger partial charge in [0.1, 0.15) is 17.4 Å². The highest BCUT2D eigenvalue weighted by molar-refractivity contribution is 5.54. The van der Waals surface area contributed by atoms with Gasteiger partial charge in [-0.25, -0.2) is 9.97 Å². The summed E-state index contributed by atoms with van der Waals surface area (Å²) in [6.07, 6.45) is 0. The van der Waals surface area contributed by atoms with Gasteiger partial charge in [0, 0.05) is 49.4 Å². The summed E-state index contributed by atoms with van der Waals surface area (Å²) in [7, 11) is 1.65. The molecule has 4 rings (SSSR count). The second-order valence-electron chi connectivity index (χ2n) is 8.25. The molecular weight excluding hydrogens is 392 g/mol. The normalized spacial score (nSPS) is 16.0. The Kier molecular flexibility index (Phi) is 6.18. The molecule has 1 atom stereocenters. The van der Waals surface area contributed by atoms with Gasteiger partial charge >= 0.3 is 0 Å². The lowest BCUT2D eigenvalue weighted by atomic mass is 10.2. The van der Waals surface area contributed by atoms with Crippen LogP contribution in [0.4, 0.5) is 5.82 Å². The van der Waals surface area contributed by atoms with Crippen LogP contribution in [0.5, 0.6) is 5.75 Å². The molecular formula is C23H30N6O2. The van der Waals surface area contributed by atoms with Crippen LogP contribution in [-0.2, 0) is 0 Å². The van der Waals surface area contributed by atoms with E-state index in [1.807, 2.05) is 31.2 Å². The van der Waals surface area contributed by atoms with Gasteiger partial charge in [0.05, 0.1) is 13.2 Å². The molecule has 3 aromatic rings. The quantitative estimate of drug-likeness (QED) is 0.593. The molecule has 0 unspecified atom stereocenters. The van der Waals surface area contributed by atoms with Gasteiger partial charge in [-0.15, -0.1) is 10.2 Å². The van der Waals surface area contributed by atoms with E-state index in [2.05, 4.69) is 51.8 Å². The first-order chi connectivity index (χ1) is 14.9. The average Bonchev–Trinajstić information content (AvgIpc) is 3.28. The predicted molar refractivity (Wildman–Crippen MR) is 119 cm³/mol. The maximum atomic E-state index is 5.99. The maximum Gasteiger partial charge on any atom is 0.247 e. The van der Waals surface area contributed by atoms with Crippen molar-refractivity contribution in [3.05, 3.63) is 47.7 Å². The lowest BCUT2D eigenvalue weighted by molar-refractivity contribution is 0.173. The Morgan fingerprint density at radius 2 is 1.68 bits per heavy atom. The van der Waals surface area contributed by atoms with Crippen molar-refractivity contribution in [3.8, 4) is 17.2 Å². The van der Waals surface area contributed by atoms with Crippen molar-refractivity contribution in [1.29, 1.82) is 0 Å². The van der Waals surface area contributed by atoms with Crippen LogP contribution in [0, 0.1) is 6.92 Å². The number of nitrogens with zero attached hydrogens (tertiary/aromatic N) is 6. The molecule has 1 aliphatic rings. The standard InChI is InChI=1S/C23H30N6O2/c1-15(2)21-24-16(3)14-20(25-21)29-12-10-28(11-13-29)17(4)22-26-27-23(31-22)18-6-8-19(30-5)9-7-18/h6-9,14-15,17H,10-13H2,1-5H3/t17-/m1/s1. The zero-order chi connectivity index (χ0) is 22.0. The van der Waals surface area contributed by atoms with Crippen molar-refractivity contribution >= 4 is 5.82 Å². The summed E-state index contributed by atoms with van der Waals surface area (Å²) in [4.78, 5) is 14.1. The molecule has 0 amide bonds. The summed E-state index contributed by atoms with van der Waals surface area (Å²) in [6, 6.07) is 9.76. The van der Waals surface area contributed by atoms with E-state index in [1.165, 1.54) is 0 Å². The van der Waals surface area contributed by atoms with Gasteiger partial charge in [0.15, 0.2) is 0 Å². The molecule has 0 aliphatic carbocycles. The van der Waals surface area contributed by atoms with Crippen molar-refractivity contribution < 1.29 is 9.15 Å². The molecule has 1 aliphatic heterocycles. The molecule has 0 radical (unpaired) electrons. The topological polar surface area (TPSA) is 80.4 Å². The Labute approximate surface area is 183 Å². The number of hydrogen-bond acceptors (Lipinski definition) is 8. The van der Waals surface area contributed by atoms with Crippen molar-refractivity contribution in [1.82, 2.24) is 25.1 Å². The van der Waals surface area contributed by atoms with Gasteiger partial charge in [0.2, 0.25) is 11.8 Å². The number of rotatable bonds is 6. The molecule has 2 aromatic heterocycles. The van der Waals surface area contributed by atoms with E-state index in [9.17, 15) is 0 Å². The van der Waals surface area contributed by atoms with Crippen molar-refractivity contribution in [3.63, 3.8) is 0 Å². The minimum atomic E-state index is 0.0556. The fourth-order valence-corrected chi connectivity index (χ4v) is 3.74. The van der Waals surface area contributed by atoms with Crippen molar-refractivity contribution in [2.24, 2.45) is 0 Å². The molecule has 8 nitrogen and oxygen atoms in total. The molecule has 0 N–H and O–H groups in total. The van der Waals surface area contributed by atoms with Crippen molar-refractivity contribution in [2.75, 3.05) is 38.2 Å². The van der Waals surface area contributed by atoms with Crippen LogP contribution in [0.15, 0.2) is 34.7 Å². The lowest BCUT2D eigenvalue weighted by Gasteiger charge is -2.37. The van der Waals surface area contributed by atoms with Gasteiger partial charge < -0.3 is 14.1 Å². The van der Waals surface area contributed by atoms with E-state index < -0.39 is 0 Å². The van der Waals surface area contributed by atoms with E-state index in [-0.39, 0.29) is 6.04 Å². The summed E-state index contributed by atoms with van der Waals surface area (Å²) in [5, 5.41) is 8.55. The zero-order valence-electron chi connectivity index (χ0n) is 18.9. The summed E-state index contributed by atoms with van der Waals surface area (Å²) in [5.41, 5.74) is 1.90. The second-order valence-corrected chi connectivity index (χ2v) is 8.25. The lowest BCUT2D eigenvalue weighted by Crippen LogP contribution is -2.47. The molecule has 0 saturated carbocycles. The highest BCUT2D eigenvalue weighted by atomic mass is 16.5. The molecule has 1 fully saturated rings. The molecule has 1 aromatic carbocycles. The first-order valence-corrected chi connectivity index (χ1v) is 10.8. The van der Waals surface area contributed by atoms with Crippen LogP contribution < -0.4 is 9.64 Å². The Morgan fingerprint density at radius 3 is 2.32 bits per heavy atom. The second kappa shape index (κ2) is 9.01. The number of aryl methyl sites for hydroxylation is 1. The van der Waals surface area contributed by atoms with Crippen LogP contribution >= 0.6 is 0 Å². The minimum Gasteiger partial charge on any atom is -0.497 e. The van der Waals surface area contributed by atoms with Gasteiger partial charge in [0.25, 0.3) is 0 Å². The summed E-state index contributed by atoms with van der Waals surface area (Å²) < 4.78 is 11.2. The SMILES string of the molecule is COc1ccc(-c2nnc([C@@H](C)N3CCN(c4cc(C)nc(C(C)C)n4)CC3)o2)cc1. The number of piperazine rings is 1. The molecule has 0 bridgehead atoms. The number of anilines is 1. The summed E-state index contributed by atoms with van der Waals surface area (Å²) >= 11 is 0. The van der Waals surface area contributed by atoms with Gasteiger partial charge in [-0.3, -0.25) is 4.90 Å². The monoisotopic (exact) mass is 422 g/mol. The Morgan fingerprint density at radius 1 is 0.968 bits per heavy atom. The number of ether oxygens (including phenoxy) is 1. The summed E-state index contributed by atoms with van der Waals surface area (Å²) in [5.74, 6) is 4.21. The summed E-state index contributed by atoms with van der Waals surface area (Å²) in [6.45, 7) is 12.0. The molecule has 8 heteroatoms. The molecule has 0 spiro atoms.